The predicted molar refractivity (Wildman–Crippen MR) is 353 cm³/mol. The molecule has 24 heteroatoms. The summed E-state index contributed by atoms with van der Waals surface area (Å²) in [5, 5.41) is 8.37. The molecule has 19 nitrogen and oxygen atoms in total. The van der Waals surface area contributed by atoms with E-state index in [0.717, 1.165) is 74.9 Å². The summed E-state index contributed by atoms with van der Waals surface area (Å²) in [7, 11) is 0. The lowest BCUT2D eigenvalue weighted by Crippen LogP contribution is -2.43. The Hall–Kier alpha value is -8.58. The molecule has 488 valence electrons. The van der Waals surface area contributed by atoms with E-state index in [-0.39, 0.29) is 73.1 Å². The molecular weight excluding hydrogens is 1320 g/mol. The minimum Gasteiger partial charge on any atom is -0.443 e. The van der Waals surface area contributed by atoms with Crippen LogP contribution in [0.5, 0.6) is 0 Å². The van der Waals surface area contributed by atoms with E-state index in [1.165, 1.54) is 24.4 Å². The van der Waals surface area contributed by atoms with Gasteiger partial charge in [-0.05, 0) is 194 Å². The molecule has 0 saturated heterocycles. The van der Waals surface area contributed by atoms with Crippen LogP contribution in [0.15, 0.2) is 115 Å². The third kappa shape index (κ3) is 24.6. The molecule has 8 rings (SSSR count). The molecule has 91 heavy (non-hydrogen) atoms. The first kappa shape index (κ1) is 74.9. The molecule has 0 saturated carbocycles. The highest BCUT2D eigenvalue weighted by Gasteiger charge is 2.32. The van der Waals surface area contributed by atoms with E-state index < -0.39 is 69.8 Å². The van der Waals surface area contributed by atoms with Gasteiger partial charge < -0.3 is 39.5 Å². The standard InChI is InChI=1S/C25H19F3N2O3.C21H28N2O5.C13H23NO4.C8H6INO.ClH/c26-19-10-16(11-20(27)24(19)28)14-30-9-3-5-18(25(30)33)22(31)6-2-1-4-15-7-8-17-13-23(32)29-21(17)12-15;1-20(2,3)27-18(25)23(19(26)28-21(4,5)6)11-7-8-14-9-10-15-13-17(24)22-16(15)12-14;1-8-9-14(10(15)17-12(2,3)4)11(16)18-13(5,6)7;9-6-2-1-5-3-8(11)10-7(5)4-6;/h1,3-5,7-12H,2,6,13-14H2,(H,29,32);7-10,12H,11,13H2,1-6H3,(H,22,24);8H,1,9H2,2-7H3;1-2,4H,3H2,(H,10,11);1H/b4-1+;8-7+;;;. The molecule has 0 atom stereocenters. The fraction of sp³-hybridized carbons (Fsp3) is 0.358. The number of allylic oxidation sites excluding steroid dienone is 1. The Labute approximate surface area is 547 Å². The summed E-state index contributed by atoms with van der Waals surface area (Å²) in [6.07, 6.45) is 8.67. The third-order valence-electron chi connectivity index (χ3n) is 12.1. The normalized spacial score (nSPS) is 12.9. The van der Waals surface area contributed by atoms with Crippen LogP contribution in [0.1, 0.15) is 140 Å². The summed E-state index contributed by atoms with van der Waals surface area (Å²) in [5.74, 6) is -4.60. The summed E-state index contributed by atoms with van der Waals surface area (Å²) in [6.45, 7) is 24.1. The van der Waals surface area contributed by atoms with Gasteiger partial charge in [-0.3, -0.25) is 24.0 Å². The lowest BCUT2D eigenvalue weighted by atomic mass is 10.1. The van der Waals surface area contributed by atoms with Gasteiger partial charge in [-0.1, -0.05) is 60.7 Å². The Morgan fingerprint density at radius 3 is 1.38 bits per heavy atom. The number of imide groups is 2. The molecule has 0 radical (unpaired) electrons. The second-order valence-corrected chi connectivity index (χ2v) is 26.0. The Bertz CT molecular complexity index is 3590. The van der Waals surface area contributed by atoms with Crippen molar-refractivity contribution >= 4 is 112 Å². The topological polar surface area (TPSA) is 238 Å². The van der Waals surface area contributed by atoms with Gasteiger partial charge in [0.1, 0.15) is 22.4 Å². The van der Waals surface area contributed by atoms with Crippen LogP contribution in [0.2, 0.25) is 0 Å². The second kappa shape index (κ2) is 32.4. The summed E-state index contributed by atoms with van der Waals surface area (Å²) in [6, 6.07) is 21.8. The number of nitrogens with zero attached hydrogens (tertiary/aromatic N) is 3. The molecule has 0 unspecified atom stereocenters. The molecule has 0 aliphatic carbocycles. The van der Waals surface area contributed by atoms with Crippen molar-refractivity contribution in [2.24, 2.45) is 0 Å². The lowest BCUT2D eigenvalue weighted by Gasteiger charge is -2.28. The Balaban J connectivity index is 0.000000275. The zero-order valence-electron chi connectivity index (χ0n) is 52.9. The number of hydrogen-bond acceptors (Lipinski definition) is 13. The highest BCUT2D eigenvalue weighted by Crippen LogP contribution is 2.28. The number of benzene rings is 4. The molecule has 0 bridgehead atoms. The number of halogens is 5. The maximum Gasteiger partial charge on any atom is 0.420 e. The number of ketones is 1. The summed E-state index contributed by atoms with van der Waals surface area (Å²) in [5.41, 5.74) is 3.88. The number of nitrogens with one attached hydrogen (secondary N) is 3. The highest BCUT2D eigenvalue weighted by molar-refractivity contribution is 14.1. The van der Waals surface area contributed by atoms with Gasteiger partial charge in [0.25, 0.3) is 5.56 Å². The minimum absolute atomic E-state index is 0. The van der Waals surface area contributed by atoms with Crippen LogP contribution >= 0.6 is 35.0 Å². The summed E-state index contributed by atoms with van der Waals surface area (Å²) in [4.78, 5) is 109. The zero-order chi connectivity index (χ0) is 67.1. The van der Waals surface area contributed by atoms with E-state index >= 15 is 0 Å². The zero-order valence-corrected chi connectivity index (χ0v) is 55.9. The van der Waals surface area contributed by atoms with Gasteiger partial charge in [-0.15, -0.1) is 19.0 Å². The van der Waals surface area contributed by atoms with Gasteiger partial charge in [0, 0.05) is 33.3 Å². The van der Waals surface area contributed by atoms with Crippen LogP contribution < -0.4 is 21.5 Å². The van der Waals surface area contributed by atoms with E-state index in [1.54, 1.807) is 95.2 Å². The van der Waals surface area contributed by atoms with Crippen molar-refractivity contribution in [1.29, 1.82) is 0 Å². The number of aromatic nitrogens is 1. The number of amides is 7. The van der Waals surface area contributed by atoms with Crippen LogP contribution in [-0.2, 0) is 59.1 Å². The minimum atomic E-state index is -1.58. The molecule has 5 aromatic rings. The quantitative estimate of drug-likeness (QED) is 0.0347. The maximum absolute atomic E-state index is 13.4. The molecule has 4 heterocycles. The summed E-state index contributed by atoms with van der Waals surface area (Å²) < 4.78 is 63.2. The Morgan fingerprint density at radius 1 is 0.571 bits per heavy atom. The Morgan fingerprint density at radius 2 is 0.967 bits per heavy atom. The first-order chi connectivity index (χ1) is 41.9. The van der Waals surface area contributed by atoms with E-state index in [0.29, 0.717) is 25.7 Å². The number of carbonyl (C=O) groups excluding carboxylic acids is 8. The van der Waals surface area contributed by atoms with Crippen LogP contribution in [0.25, 0.3) is 12.2 Å². The van der Waals surface area contributed by atoms with Gasteiger partial charge in [0.05, 0.1) is 44.5 Å². The van der Waals surface area contributed by atoms with Crippen LogP contribution in [0.4, 0.5) is 49.4 Å². The molecule has 3 aliphatic heterocycles. The van der Waals surface area contributed by atoms with Gasteiger partial charge in [0.15, 0.2) is 23.2 Å². The molecular formula is C67H77ClF3IN6O13. The number of Topliss-reactive ketones (excluding diaryl/α,β-unsaturated/α-hetero) is 1. The fourth-order valence-corrected chi connectivity index (χ4v) is 8.83. The number of pyridine rings is 1. The fourth-order valence-electron chi connectivity index (χ4n) is 8.33. The molecule has 0 spiro atoms. The van der Waals surface area contributed by atoms with Gasteiger partial charge in [0.2, 0.25) is 17.7 Å². The van der Waals surface area contributed by atoms with E-state index in [1.807, 2.05) is 66.7 Å². The number of anilines is 3. The maximum atomic E-state index is 13.4. The summed E-state index contributed by atoms with van der Waals surface area (Å²) >= 11 is 2.23. The molecule has 3 aliphatic rings. The van der Waals surface area contributed by atoms with Gasteiger partial charge in [-0.25, -0.2) is 42.1 Å². The lowest BCUT2D eigenvalue weighted by molar-refractivity contribution is -0.115. The van der Waals surface area contributed by atoms with Crippen molar-refractivity contribution in [2.75, 3.05) is 29.0 Å². The van der Waals surface area contributed by atoms with Crippen LogP contribution in [-0.4, -0.2) is 97.7 Å². The van der Waals surface area contributed by atoms with Crippen molar-refractivity contribution < 1.29 is 70.5 Å². The molecule has 0 fully saturated rings. The van der Waals surface area contributed by atoms with Crippen molar-refractivity contribution in [1.82, 2.24) is 14.4 Å². The van der Waals surface area contributed by atoms with Crippen molar-refractivity contribution in [3.8, 4) is 0 Å². The van der Waals surface area contributed by atoms with Crippen molar-refractivity contribution in [3.05, 3.63) is 180 Å². The number of hydrogen-bond donors (Lipinski definition) is 3. The average Bonchev–Trinajstić information content (AvgIpc) is 1.89. The molecule has 7 amide bonds. The first-order valence-electron chi connectivity index (χ1n) is 28.6. The predicted octanol–water partition coefficient (Wildman–Crippen LogP) is 14.4. The Kier molecular flexibility index (Phi) is 26.7. The molecule has 1 aromatic heterocycles. The van der Waals surface area contributed by atoms with Crippen LogP contribution in [0.3, 0.4) is 0 Å². The second-order valence-electron chi connectivity index (χ2n) is 24.7. The number of ether oxygens (including phenoxy) is 4. The van der Waals surface area contributed by atoms with Crippen molar-refractivity contribution in [2.45, 2.75) is 144 Å². The van der Waals surface area contributed by atoms with E-state index in [4.69, 9.17) is 18.9 Å². The first-order valence-corrected chi connectivity index (χ1v) is 29.7. The third-order valence-corrected chi connectivity index (χ3v) is 12.8. The van der Waals surface area contributed by atoms with Gasteiger partial charge in [-0.2, -0.15) is 0 Å². The smallest absolute Gasteiger partial charge is 0.420 e. The van der Waals surface area contributed by atoms with Crippen molar-refractivity contribution in [3.63, 3.8) is 0 Å². The monoisotopic (exact) mass is 1390 g/mol. The van der Waals surface area contributed by atoms with E-state index in [9.17, 15) is 56.3 Å². The van der Waals surface area contributed by atoms with Crippen LogP contribution in [0, 0.1) is 21.0 Å². The molecule has 4 aromatic carbocycles. The molecule has 3 N–H and O–H groups in total. The highest BCUT2D eigenvalue weighted by atomic mass is 127. The largest absolute Gasteiger partial charge is 0.443 e. The number of fused-ring (bicyclic) bond motifs is 3. The van der Waals surface area contributed by atoms with E-state index in [2.05, 4.69) is 45.1 Å². The number of carbonyl (C=O) groups is 8. The van der Waals surface area contributed by atoms with Gasteiger partial charge >= 0.3 is 24.4 Å². The number of rotatable bonds is 12. The average molecular weight is 1390 g/mol. The SMILES string of the molecule is C=CCN(C(=O)OC(C)(C)C)C(=O)OC(C)(C)C.CC(C)(C)OC(=O)N(C/C=C/c1ccc2c(c1)NC(=O)C2)C(=O)OC(C)(C)C.Cl.O=C1Cc2ccc(/C=C/CCC(=O)c3cccn(Cc4cc(F)c(F)c(F)c4)c3=O)cc2N1.O=C1Cc2ccc(I)cc2N1.